The third kappa shape index (κ3) is 7.47. The highest BCUT2D eigenvalue weighted by Gasteiger charge is 2.35. The number of amides is 2. The summed E-state index contributed by atoms with van der Waals surface area (Å²) in [4.78, 5) is 50.7. The molecular weight excluding hydrogens is 599 g/mol. The lowest BCUT2D eigenvalue weighted by Crippen LogP contribution is -2.27. The minimum Gasteiger partial charge on any atom is -0.462 e. The summed E-state index contributed by atoms with van der Waals surface area (Å²) in [5.41, 5.74) is -1.20. The molecule has 0 saturated carbocycles. The van der Waals surface area contributed by atoms with E-state index >= 15 is 0 Å². The van der Waals surface area contributed by atoms with Crippen LogP contribution in [0.4, 0.5) is 18.2 Å². The zero-order valence-corrected chi connectivity index (χ0v) is 24.9. The van der Waals surface area contributed by atoms with Gasteiger partial charge in [-0.05, 0) is 45.4 Å². The molecule has 0 unspecified atom stereocenters. The Morgan fingerprint density at radius 1 is 1.07 bits per heavy atom. The Labute approximate surface area is 247 Å². The minimum atomic E-state index is -4.70. The molecule has 2 heterocycles. The van der Waals surface area contributed by atoms with Crippen LogP contribution in [0.5, 0.6) is 0 Å². The summed E-state index contributed by atoms with van der Waals surface area (Å²) in [5, 5.41) is 12.7. The topological polar surface area (TPSA) is 142 Å². The number of halogens is 3. The lowest BCUT2D eigenvalue weighted by Gasteiger charge is -2.13. The average molecular weight is 628 g/mol. The van der Waals surface area contributed by atoms with Crippen LogP contribution in [0.3, 0.4) is 0 Å². The van der Waals surface area contributed by atoms with Crippen LogP contribution in [0.25, 0.3) is 0 Å². The Bertz CT molecular complexity index is 1490. The van der Waals surface area contributed by atoms with Crippen molar-refractivity contribution in [3.63, 3.8) is 0 Å². The lowest BCUT2D eigenvalue weighted by molar-refractivity contribution is -0.138. The van der Waals surface area contributed by atoms with Gasteiger partial charge in [0.25, 0.3) is 5.91 Å². The number of nitrogens with one attached hydrogen (secondary N) is 2. The summed E-state index contributed by atoms with van der Waals surface area (Å²) in [6.45, 7) is 6.42. The van der Waals surface area contributed by atoms with Crippen molar-refractivity contribution in [3.05, 3.63) is 57.2 Å². The predicted molar refractivity (Wildman–Crippen MR) is 149 cm³/mol. The summed E-state index contributed by atoms with van der Waals surface area (Å²) < 4.78 is 51.4. The zero-order valence-electron chi connectivity index (χ0n) is 23.2. The van der Waals surface area contributed by atoms with Crippen LogP contribution < -0.4 is 10.6 Å². The molecule has 0 spiro atoms. The van der Waals surface area contributed by atoms with Gasteiger partial charge in [0.1, 0.15) is 9.88 Å². The van der Waals surface area contributed by atoms with E-state index < -0.39 is 46.3 Å². The van der Waals surface area contributed by atoms with E-state index in [1.54, 1.807) is 34.7 Å². The normalized spacial score (nSPS) is 12.0. The van der Waals surface area contributed by atoms with Crippen molar-refractivity contribution >= 4 is 51.9 Å². The first kappa shape index (κ1) is 32.6. The van der Waals surface area contributed by atoms with Crippen LogP contribution in [0, 0.1) is 6.92 Å². The number of benzene rings is 1. The lowest BCUT2D eigenvalue weighted by atomic mass is 10.1. The van der Waals surface area contributed by atoms with Gasteiger partial charge in [0, 0.05) is 7.05 Å². The molecular formula is C26H28F3N5O6S2. The molecule has 2 N–H and O–H groups in total. The number of carbonyl (C=O) groups is 4. The molecule has 1 atom stereocenters. The summed E-state index contributed by atoms with van der Waals surface area (Å²) in [6.07, 6.45) is -4.70. The number of thiophene rings is 1. The number of esters is 2. The Kier molecular flexibility index (Phi) is 10.7. The number of ether oxygens (including phenoxy) is 2. The fourth-order valence-electron chi connectivity index (χ4n) is 3.65. The van der Waals surface area contributed by atoms with Crippen LogP contribution in [-0.2, 0) is 34.0 Å². The van der Waals surface area contributed by atoms with Gasteiger partial charge in [0.15, 0.2) is 11.0 Å². The number of thioether (sulfide) groups is 1. The quantitative estimate of drug-likeness (QED) is 0.230. The molecule has 226 valence electrons. The van der Waals surface area contributed by atoms with E-state index in [4.69, 9.17) is 9.47 Å². The van der Waals surface area contributed by atoms with E-state index in [-0.39, 0.29) is 46.2 Å². The Morgan fingerprint density at radius 2 is 1.71 bits per heavy atom. The van der Waals surface area contributed by atoms with Gasteiger partial charge in [0.2, 0.25) is 5.91 Å². The summed E-state index contributed by atoms with van der Waals surface area (Å²) in [5.74, 6) is -2.53. The summed E-state index contributed by atoms with van der Waals surface area (Å²) in [7, 11) is 1.57. The monoisotopic (exact) mass is 627 g/mol. The largest absolute Gasteiger partial charge is 0.462 e. The second kappa shape index (κ2) is 13.8. The number of hydrogen-bond donors (Lipinski definition) is 2. The molecule has 42 heavy (non-hydrogen) atoms. The van der Waals surface area contributed by atoms with E-state index in [2.05, 4.69) is 20.8 Å². The number of aromatic nitrogens is 3. The van der Waals surface area contributed by atoms with E-state index in [0.29, 0.717) is 5.56 Å². The highest BCUT2D eigenvalue weighted by molar-refractivity contribution is 8.00. The first-order chi connectivity index (χ1) is 19.8. The van der Waals surface area contributed by atoms with Gasteiger partial charge in [-0.2, -0.15) is 13.2 Å². The number of anilines is 1. The molecule has 0 aliphatic heterocycles. The van der Waals surface area contributed by atoms with E-state index in [1.165, 1.54) is 16.7 Å². The van der Waals surface area contributed by atoms with Gasteiger partial charge in [0.05, 0.1) is 41.7 Å². The zero-order chi connectivity index (χ0) is 31.2. The smallest absolute Gasteiger partial charge is 0.417 e. The second-order valence-corrected chi connectivity index (χ2v) is 11.0. The number of alkyl halides is 3. The van der Waals surface area contributed by atoms with Crippen molar-refractivity contribution in [1.29, 1.82) is 0 Å². The van der Waals surface area contributed by atoms with E-state index in [9.17, 15) is 32.3 Å². The molecule has 16 heteroatoms. The summed E-state index contributed by atoms with van der Waals surface area (Å²) >= 11 is 1.91. The molecule has 0 aliphatic carbocycles. The van der Waals surface area contributed by atoms with Crippen molar-refractivity contribution < 1.29 is 41.8 Å². The third-order valence-corrected chi connectivity index (χ3v) is 8.11. The number of nitrogens with zero attached hydrogens (tertiary/aromatic N) is 3. The molecule has 2 aromatic heterocycles. The van der Waals surface area contributed by atoms with Gasteiger partial charge in [-0.25, -0.2) is 9.59 Å². The minimum absolute atomic E-state index is 0.0548. The molecule has 3 rings (SSSR count). The van der Waals surface area contributed by atoms with Crippen molar-refractivity contribution in [2.75, 3.05) is 18.5 Å². The highest BCUT2D eigenvalue weighted by atomic mass is 32.2. The van der Waals surface area contributed by atoms with Gasteiger partial charge in [-0.1, -0.05) is 23.9 Å². The van der Waals surface area contributed by atoms with Crippen molar-refractivity contribution in [2.45, 2.75) is 50.8 Å². The Morgan fingerprint density at radius 3 is 2.36 bits per heavy atom. The van der Waals surface area contributed by atoms with Crippen LogP contribution in [-0.4, -0.2) is 57.0 Å². The fraction of sp³-hybridized carbons (Fsp3) is 0.385. The van der Waals surface area contributed by atoms with Gasteiger partial charge < -0.3 is 24.7 Å². The molecule has 1 aromatic carbocycles. The first-order valence-electron chi connectivity index (χ1n) is 12.6. The molecule has 0 fully saturated rings. The maximum Gasteiger partial charge on any atom is 0.417 e. The van der Waals surface area contributed by atoms with E-state index in [1.807, 2.05) is 0 Å². The number of rotatable bonds is 11. The molecule has 2 amide bonds. The molecule has 11 nitrogen and oxygen atoms in total. The van der Waals surface area contributed by atoms with Crippen molar-refractivity contribution in [2.24, 2.45) is 7.05 Å². The fourth-order valence-corrected chi connectivity index (χ4v) is 5.58. The second-order valence-electron chi connectivity index (χ2n) is 8.63. The maximum atomic E-state index is 13.3. The van der Waals surface area contributed by atoms with Crippen LogP contribution >= 0.6 is 23.1 Å². The Balaban J connectivity index is 1.71. The van der Waals surface area contributed by atoms with Crippen LogP contribution in [0.2, 0.25) is 0 Å². The number of hydrogen-bond acceptors (Lipinski definition) is 10. The van der Waals surface area contributed by atoms with Crippen LogP contribution in [0.15, 0.2) is 29.4 Å². The van der Waals surface area contributed by atoms with Crippen molar-refractivity contribution in [1.82, 2.24) is 20.1 Å². The molecule has 0 aliphatic rings. The SMILES string of the molecule is CCOC(=O)c1sc(NC(=O)[C@H](C)Sc2nnc(CNC(=O)c3ccccc3C(F)(F)F)n2C)c(C(=O)OCC)c1C. The number of carbonyl (C=O) groups excluding carboxylic acids is 4. The highest BCUT2D eigenvalue weighted by Crippen LogP contribution is 2.35. The molecule has 3 aromatic rings. The Hall–Kier alpha value is -3.92. The first-order valence-corrected chi connectivity index (χ1v) is 14.3. The van der Waals surface area contributed by atoms with Gasteiger partial charge in [-0.15, -0.1) is 21.5 Å². The van der Waals surface area contributed by atoms with E-state index in [0.717, 1.165) is 35.2 Å². The molecule has 0 bridgehead atoms. The predicted octanol–water partition coefficient (Wildman–Crippen LogP) is 4.61. The van der Waals surface area contributed by atoms with Gasteiger partial charge in [-0.3, -0.25) is 9.59 Å². The van der Waals surface area contributed by atoms with Gasteiger partial charge >= 0.3 is 18.1 Å². The standard InChI is InChI=1S/C26H28F3N5O6S2/c1-6-39-23(37)18-13(3)19(24(38)40-7-2)42-22(18)31-20(35)14(4)41-25-33-32-17(34(25)5)12-30-21(36)15-10-8-9-11-16(15)26(27,28)29/h8-11,14H,6-7,12H2,1-5H3,(H,30,36)(H,31,35)/t14-/m0/s1. The molecule has 0 saturated heterocycles. The summed E-state index contributed by atoms with van der Waals surface area (Å²) in [6, 6.07) is 4.43. The maximum absolute atomic E-state index is 13.3. The van der Waals surface area contributed by atoms with Crippen LogP contribution in [0.1, 0.15) is 68.1 Å². The average Bonchev–Trinajstić information content (AvgIpc) is 3.45. The molecule has 0 radical (unpaired) electrons. The third-order valence-electron chi connectivity index (χ3n) is 5.78. The van der Waals surface area contributed by atoms with Crippen molar-refractivity contribution in [3.8, 4) is 0 Å².